The number of fused-ring (bicyclic) bond motifs is 1. The molecule has 0 spiro atoms. The minimum Gasteiger partial charge on any atom is -0.441 e. The number of ether oxygens (including phenoxy) is 2. The van der Waals surface area contributed by atoms with E-state index in [-0.39, 0.29) is 18.1 Å². The Bertz CT molecular complexity index is 1130. The minimum atomic E-state index is -0.268. The lowest BCUT2D eigenvalue weighted by atomic mass is 10.2. The number of hydrogen-bond donors (Lipinski definition) is 2. The quantitative estimate of drug-likeness (QED) is 0.645. The number of pyridine rings is 2. The van der Waals surface area contributed by atoms with E-state index in [0.29, 0.717) is 45.1 Å². The number of hydrogen-bond acceptors (Lipinski definition) is 7. The number of amides is 2. The summed E-state index contributed by atoms with van der Waals surface area (Å²) >= 11 is 0. The molecule has 2 aliphatic heterocycles. The Kier molecular flexibility index (Phi) is 5.36. The van der Waals surface area contributed by atoms with Crippen molar-refractivity contribution in [2.75, 3.05) is 49.6 Å². The normalized spacial score (nSPS) is 16.7. The Hall–Kier alpha value is -3.66. The zero-order valence-corrected chi connectivity index (χ0v) is 17.7. The topological polar surface area (TPSA) is 113 Å². The van der Waals surface area contributed by atoms with Crippen LogP contribution in [-0.2, 0) is 14.3 Å². The number of rotatable bonds is 4. The highest BCUT2D eigenvalue weighted by Crippen LogP contribution is 2.30. The van der Waals surface area contributed by atoms with E-state index in [1.54, 1.807) is 17.3 Å². The largest absolute Gasteiger partial charge is 0.441 e. The van der Waals surface area contributed by atoms with Crippen LogP contribution in [0.5, 0.6) is 0 Å². The number of carbonyl (C=O) groups excluding carboxylic acids is 2. The van der Waals surface area contributed by atoms with Gasteiger partial charge in [-0.1, -0.05) is 0 Å². The highest BCUT2D eigenvalue weighted by atomic mass is 16.6. The fourth-order valence-corrected chi connectivity index (χ4v) is 3.89. The molecule has 3 aromatic rings. The molecule has 0 aliphatic carbocycles. The molecule has 0 atom stereocenters. The lowest BCUT2D eigenvalue weighted by Crippen LogP contribution is -2.51. The van der Waals surface area contributed by atoms with Crippen molar-refractivity contribution in [3.8, 4) is 11.4 Å². The first-order valence-electron chi connectivity index (χ1n) is 10.6. The number of nitrogens with zero attached hydrogens (tertiary/aromatic N) is 4. The third kappa shape index (κ3) is 4.09. The second kappa shape index (κ2) is 8.46. The molecular formula is C22H24N6O4. The summed E-state index contributed by atoms with van der Waals surface area (Å²) < 4.78 is 10.5. The van der Waals surface area contributed by atoms with Gasteiger partial charge in [-0.05, 0) is 24.3 Å². The predicted molar refractivity (Wildman–Crippen MR) is 119 cm³/mol. The average Bonchev–Trinajstić information content (AvgIpc) is 3.21. The maximum absolute atomic E-state index is 12.3. The summed E-state index contributed by atoms with van der Waals surface area (Å²) in [6.45, 7) is 5.05. The number of nitrogens with one attached hydrogen (secondary N) is 2. The summed E-state index contributed by atoms with van der Waals surface area (Å²) in [7, 11) is 0. The Morgan fingerprint density at radius 3 is 2.62 bits per heavy atom. The van der Waals surface area contributed by atoms with E-state index in [0.717, 1.165) is 28.1 Å². The first kappa shape index (κ1) is 20.3. The summed E-state index contributed by atoms with van der Waals surface area (Å²) in [6, 6.07) is 7.70. The summed E-state index contributed by atoms with van der Waals surface area (Å²) in [5.74, 6) is -0.135. The SMILES string of the molecule is CC(=O)Nc1ccc(-c2cc3c(N4CCN(C(=O)OC5COC5)CC4)ccnc3[nH]2)nc1. The van der Waals surface area contributed by atoms with Gasteiger partial charge in [0, 0.05) is 50.4 Å². The Balaban J connectivity index is 1.30. The average molecular weight is 436 g/mol. The monoisotopic (exact) mass is 436 g/mol. The molecule has 2 N–H and O–H groups in total. The Labute approximate surface area is 184 Å². The van der Waals surface area contributed by atoms with E-state index < -0.39 is 0 Å². The minimum absolute atomic E-state index is 0.112. The van der Waals surface area contributed by atoms with E-state index >= 15 is 0 Å². The highest BCUT2D eigenvalue weighted by Gasteiger charge is 2.28. The number of aromatic amines is 1. The van der Waals surface area contributed by atoms with Crippen LogP contribution in [0, 0.1) is 0 Å². The number of piperazine rings is 1. The number of aromatic nitrogens is 3. The Morgan fingerprint density at radius 2 is 1.97 bits per heavy atom. The van der Waals surface area contributed by atoms with Crippen molar-refractivity contribution in [1.82, 2.24) is 19.9 Å². The van der Waals surface area contributed by atoms with Crippen LogP contribution in [0.4, 0.5) is 16.2 Å². The zero-order chi connectivity index (χ0) is 22.1. The van der Waals surface area contributed by atoms with Gasteiger partial charge in [-0.2, -0.15) is 0 Å². The molecule has 32 heavy (non-hydrogen) atoms. The number of anilines is 2. The van der Waals surface area contributed by atoms with Crippen LogP contribution in [0.25, 0.3) is 22.4 Å². The highest BCUT2D eigenvalue weighted by molar-refractivity contribution is 5.94. The van der Waals surface area contributed by atoms with Gasteiger partial charge in [0.25, 0.3) is 0 Å². The molecule has 10 nitrogen and oxygen atoms in total. The van der Waals surface area contributed by atoms with Gasteiger partial charge in [0.05, 0.1) is 36.5 Å². The molecule has 2 fully saturated rings. The third-order valence-electron chi connectivity index (χ3n) is 5.62. The molecule has 0 radical (unpaired) electrons. The number of carbonyl (C=O) groups is 2. The van der Waals surface area contributed by atoms with Gasteiger partial charge in [-0.25, -0.2) is 9.78 Å². The molecule has 10 heteroatoms. The van der Waals surface area contributed by atoms with Crippen molar-refractivity contribution in [3.05, 3.63) is 36.7 Å². The lowest BCUT2D eigenvalue weighted by molar-refractivity contribution is -0.114. The van der Waals surface area contributed by atoms with Crippen molar-refractivity contribution in [2.24, 2.45) is 0 Å². The van der Waals surface area contributed by atoms with Crippen LogP contribution in [0.2, 0.25) is 0 Å². The standard InChI is InChI=1S/C22H24N6O4/c1-14(29)25-15-2-3-18(24-11-15)19-10-17-20(4-5-23-21(17)26-19)27-6-8-28(9-7-27)22(30)32-16-12-31-13-16/h2-5,10-11,16H,6-9,12-13H2,1H3,(H,23,26)(H,25,29). The summed E-state index contributed by atoms with van der Waals surface area (Å²) in [5.41, 5.74) is 4.09. The molecule has 2 amide bonds. The van der Waals surface area contributed by atoms with Gasteiger partial charge in [0.1, 0.15) is 5.65 Å². The smallest absolute Gasteiger partial charge is 0.410 e. The fourth-order valence-electron chi connectivity index (χ4n) is 3.89. The second-order valence-electron chi connectivity index (χ2n) is 7.91. The summed E-state index contributed by atoms with van der Waals surface area (Å²) in [4.78, 5) is 39.7. The summed E-state index contributed by atoms with van der Waals surface area (Å²) in [6.07, 6.45) is 3.03. The second-order valence-corrected chi connectivity index (χ2v) is 7.91. The fraction of sp³-hybridized carbons (Fsp3) is 0.364. The van der Waals surface area contributed by atoms with E-state index in [1.807, 2.05) is 24.3 Å². The van der Waals surface area contributed by atoms with Crippen LogP contribution >= 0.6 is 0 Å². The zero-order valence-electron chi connectivity index (χ0n) is 17.7. The molecule has 5 rings (SSSR count). The van der Waals surface area contributed by atoms with Gasteiger partial charge < -0.3 is 29.6 Å². The van der Waals surface area contributed by atoms with E-state index in [1.165, 1.54) is 6.92 Å². The molecule has 2 aliphatic rings. The van der Waals surface area contributed by atoms with E-state index in [4.69, 9.17) is 9.47 Å². The molecule has 0 aromatic carbocycles. The van der Waals surface area contributed by atoms with Gasteiger partial charge in [0.2, 0.25) is 5.91 Å². The molecular weight excluding hydrogens is 412 g/mol. The lowest BCUT2D eigenvalue weighted by Gasteiger charge is -2.37. The first-order valence-corrected chi connectivity index (χ1v) is 10.6. The molecule has 0 unspecified atom stereocenters. The van der Waals surface area contributed by atoms with Crippen LogP contribution < -0.4 is 10.2 Å². The van der Waals surface area contributed by atoms with Crippen LogP contribution in [-0.4, -0.2) is 77.3 Å². The molecule has 0 saturated carbocycles. The van der Waals surface area contributed by atoms with Gasteiger partial charge in [0.15, 0.2) is 6.10 Å². The molecule has 3 aromatic heterocycles. The van der Waals surface area contributed by atoms with Crippen LogP contribution in [0.3, 0.4) is 0 Å². The van der Waals surface area contributed by atoms with Crippen molar-refractivity contribution in [3.63, 3.8) is 0 Å². The van der Waals surface area contributed by atoms with Crippen LogP contribution in [0.1, 0.15) is 6.92 Å². The van der Waals surface area contributed by atoms with E-state index in [2.05, 4.69) is 25.2 Å². The van der Waals surface area contributed by atoms with Crippen molar-refractivity contribution in [1.29, 1.82) is 0 Å². The summed E-state index contributed by atoms with van der Waals surface area (Å²) in [5, 5.41) is 3.71. The third-order valence-corrected chi connectivity index (χ3v) is 5.62. The predicted octanol–water partition coefficient (Wildman–Crippen LogP) is 2.24. The number of H-pyrrole nitrogens is 1. The van der Waals surface area contributed by atoms with E-state index in [9.17, 15) is 9.59 Å². The van der Waals surface area contributed by atoms with Crippen LogP contribution in [0.15, 0.2) is 36.7 Å². The maximum Gasteiger partial charge on any atom is 0.410 e. The molecule has 5 heterocycles. The van der Waals surface area contributed by atoms with Gasteiger partial charge >= 0.3 is 6.09 Å². The van der Waals surface area contributed by atoms with Crippen molar-refractivity contribution < 1.29 is 19.1 Å². The van der Waals surface area contributed by atoms with Crippen molar-refractivity contribution >= 4 is 34.4 Å². The molecule has 2 saturated heterocycles. The van der Waals surface area contributed by atoms with Crippen molar-refractivity contribution in [2.45, 2.75) is 13.0 Å². The first-order chi connectivity index (χ1) is 15.6. The Morgan fingerprint density at radius 1 is 1.16 bits per heavy atom. The van der Waals surface area contributed by atoms with Gasteiger partial charge in [-0.3, -0.25) is 9.78 Å². The maximum atomic E-state index is 12.3. The van der Waals surface area contributed by atoms with Gasteiger partial charge in [-0.15, -0.1) is 0 Å². The molecule has 0 bridgehead atoms. The molecule has 166 valence electrons.